The number of fused-ring (bicyclic) bond motifs is 1. The van der Waals surface area contributed by atoms with Gasteiger partial charge in [-0.3, -0.25) is 4.79 Å². The van der Waals surface area contributed by atoms with Gasteiger partial charge in [-0.15, -0.1) is 11.3 Å². The molecule has 2 heterocycles. The number of nitrogens with one attached hydrogen (secondary N) is 1. The zero-order valence-corrected chi connectivity index (χ0v) is 17.0. The summed E-state index contributed by atoms with van der Waals surface area (Å²) in [6, 6.07) is 4.02. The number of benzene rings is 1. The standard InChI is InChI=1S/C20H27N3O3S/c1-14-22-12-17(27-14)11-21-7-4-5-20(24)23-8-6-15-9-18(25-2)19(26-3)10-16(15)13-23/h9-10,12,21H,4-8,11,13H2,1-3H3. The fraction of sp³-hybridized carbons (Fsp3) is 0.500. The number of hydrogen-bond acceptors (Lipinski definition) is 6. The largest absolute Gasteiger partial charge is 0.493 e. The number of thiazole rings is 1. The lowest BCUT2D eigenvalue weighted by Gasteiger charge is -2.29. The number of carbonyl (C=O) groups is 1. The molecule has 27 heavy (non-hydrogen) atoms. The average Bonchev–Trinajstić information content (AvgIpc) is 3.10. The summed E-state index contributed by atoms with van der Waals surface area (Å²) in [5.41, 5.74) is 2.38. The molecule has 0 aliphatic carbocycles. The van der Waals surface area contributed by atoms with Crippen LogP contribution < -0.4 is 14.8 Å². The summed E-state index contributed by atoms with van der Waals surface area (Å²) in [4.78, 5) is 20.0. The first kappa shape index (κ1) is 19.6. The Balaban J connectivity index is 1.46. The van der Waals surface area contributed by atoms with Gasteiger partial charge in [0.15, 0.2) is 11.5 Å². The van der Waals surface area contributed by atoms with Gasteiger partial charge in [-0.2, -0.15) is 0 Å². The van der Waals surface area contributed by atoms with E-state index in [1.54, 1.807) is 25.6 Å². The van der Waals surface area contributed by atoms with E-state index in [-0.39, 0.29) is 5.91 Å². The van der Waals surface area contributed by atoms with Crippen LogP contribution in [0, 0.1) is 6.92 Å². The van der Waals surface area contributed by atoms with Gasteiger partial charge in [0, 0.05) is 37.1 Å². The highest BCUT2D eigenvalue weighted by Crippen LogP contribution is 2.33. The molecule has 1 N–H and O–H groups in total. The minimum Gasteiger partial charge on any atom is -0.493 e. The summed E-state index contributed by atoms with van der Waals surface area (Å²) in [6.07, 6.45) is 4.17. The summed E-state index contributed by atoms with van der Waals surface area (Å²) >= 11 is 1.71. The van der Waals surface area contributed by atoms with Gasteiger partial charge in [0.25, 0.3) is 0 Å². The van der Waals surface area contributed by atoms with Gasteiger partial charge in [-0.05, 0) is 49.6 Å². The molecule has 1 aromatic carbocycles. The number of nitrogens with zero attached hydrogens (tertiary/aromatic N) is 2. The van der Waals surface area contributed by atoms with E-state index in [0.717, 1.165) is 48.8 Å². The quantitative estimate of drug-likeness (QED) is 0.704. The predicted octanol–water partition coefficient (Wildman–Crippen LogP) is 2.92. The molecule has 0 saturated heterocycles. The van der Waals surface area contributed by atoms with Crippen LogP contribution in [0.15, 0.2) is 18.3 Å². The minimum atomic E-state index is 0.214. The van der Waals surface area contributed by atoms with Crippen LogP contribution in [0.2, 0.25) is 0 Å². The Labute approximate surface area is 164 Å². The van der Waals surface area contributed by atoms with Gasteiger partial charge < -0.3 is 19.7 Å². The van der Waals surface area contributed by atoms with Crippen molar-refractivity contribution >= 4 is 17.2 Å². The highest BCUT2D eigenvalue weighted by atomic mass is 32.1. The molecule has 3 rings (SSSR count). The lowest BCUT2D eigenvalue weighted by molar-refractivity contribution is -0.132. The van der Waals surface area contributed by atoms with E-state index in [0.29, 0.717) is 18.7 Å². The molecule has 6 nitrogen and oxygen atoms in total. The van der Waals surface area contributed by atoms with Gasteiger partial charge in [0.1, 0.15) is 0 Å². The van der Waals surface area contributed by atoms with E-state index in [1.807, 2.05) is 30.2 Å². The third kappa shape index (κ3) is 4.99. The van der Waals surface area contributed by atoms with Crippen molar-refractivity contribution in [3.8, 4) is 11.5 Å². The van der Waals surface area contributed by atoms with Crippen LogP contribution in [0.3, 0.4) is 0 Å². The molecule has 0 spiro atoms. The SMILES string of the molecule is COc1cc2c(cc1OC)CN(C(=O)CCCNCc1cnc(C)s1)CC2. The number of aryl methyl sites for hydroxylation is 1. The first-order chi connectivity index (χ1) is 13.1. The molecule has 2 aromatic rings. The zero-order valence-electron chi connectivity index (χ0n) is 16.2. The lowest BCUT2D eigenvalue weighted by atomic mass is 9.98. The van der Waals surface area contributed by atoms with Crippen molar-refractivity contribution in [1.82, 2.24) is 15.2 Å². The number of rotatable bonds is 8. The molecule has 1 aliphatic rings. The minimum absolute atomic E-state index is 0.214. The summed E-state index contributed by atoms with van der Waals surface area (Å²) in [5.74, 6) is 1.68. The summed E-state index contributed by atoms with van der Waals surface area (Å²) in [5, 5.41) is 4.47. The molecule has 146 valence electrons. The fourth-order valence-corrected chi connectivity index (χ4v) is 4.08. The van der Waals surface area contributed by atoms with E-state index in [4.69, 9.17) is 9.47 Å². The monoisotopic (exact) mass is 389 g/mol. The third-order valence-corrected chi connectivity index (χ3v) is 5.70. The van der Waals surface area contributed by atoms with Gasteiger partial charge in [-0.25, -0.2) is 4.98 Å². The molecule has 0 unspecified atom stereocenters. The number of hydrogen-bond donors (Lipinski definition) is 1. The average molecular weight is 390 g/mol. The second-order valence-electron chi connectivity index (χ2n) is 6.67. The van der Waals surface area contributed by atoms with Crippen molar-refractivity contribution in [2.45, 2.75) is 39.3 Å². The van der Waals surface area contributed by atoms with E-state index in [9.17, 15) is 4.79 Å². The second-order valence-corrected chi connectivity index (χ2v) is 7.99. The van der Waals surface area contributed by atoms with Gasteiger partial charge >= 0.3 is 0 Å². The van der Waals surface area contributed by atoms with Crippen LogP contribution in [-0.4, -0.2) is 43.1 Å². The molecule has 0 bridgehead atoms. The molecule has 0 fully saturated rings. The second kappa shape index (κ2) is 9.19. The molecule has 1 amide bonds. The summed E-state index contributed by atoms with van der Waals surface area (Å²) in [7, 11) is 3.28. The molecule has 0 atom stereocenters. The molecule has 7 heteroatoms. The Morgan fingerprint density at radius 2 is 2.00 bits per heavy atom. The highest BCUT2D eigenvalue weighted by molar-refractivity contribution is 7.11. The highest BCUT2D eigenvalue weighted by Gasteiger charge is 2.22. The molecular weight excluding hydrogens is 362 g/mol. The van der Waals surface area contributed by atoms with Crippen molar-refractivity contribution in [1.29, 1.82) is 0 Å². The van der Waals surface area contributed by atoms with Crippen molar-refractivity contribution < 1.29 is 14.3 Å². The van der Waals surface area contributed by atoms with Gasteiger partial charge in [0.05, 0.1) is 19.2 Å². The maximum Gasteiger partial charge on any atom is 0.222 e. The van der Waals surface area contributed by atoms with E-state index in [1.165, 1.54) is 10.4 Å². The van der Waals surface area contributed by atoms with Crippen LogP contribution in [-0.2, 0) is 24.3 Å². The summed E-state index contributed by atoms with van der Waals surface area (Å²) in [6.45, 7) is 5.06. The van der Waals surface area contributed by atoms with Crippen LogP contribution >= 0.6 is 11.3 Å². The Morgan fingerprint density at radius 3 is 2.67 bits per heavy atom. The number of ether oxygens (including phenoxy) is 2. The maximum atomic E-state index is 12.6. The summed E-state index contributed by atoms with van der Waals surface area (Å²) < 4.78 is 10.8. The molecular formula is C20H27N3O3S. The van der Waals surface area contributed by atoms with Crippen LogP contribution in [0.25, 0.3) is 0 Å². The Hall–Kier alpha value is -2.12. The molecule has 1 aromatic heterocycles. The maximum absolute atomic E-state index is 12.6. The zero-order chi connectivity index (χ0) is 19.2. The van der Waals surface area contributed by atoms with Crippen molar-refractivity contribution in [2.75, 3.05) is 27.3 Å². The number of carbonyl (C=O) groups excluding carboxylic acids is 1. The smallest absolute Gasteiger partial charge is 0.222 e. The first-order valence-corrected chi connectivity index (χ1v) is 10.1. The van der Waals surface area contributed by atoms with Crippen molar-refractivity contribution in [2.24, 2.45) is 0 Å². The number of aromatic nitrogens is 1. The normalized spacial score (nSPS) is 13.4. The van der Waals surface area contributed by atoms with Crippen LogP contribution in [0.4, 0.5) is 0 Å². The van der Waals surface area contributed by atoms with E-state index in [2.05, 4.69) is 10.3 Å². The van der Waals surface area contributed by atoms with Crippen LogP contribution in [0.5, 0.6) is 11.5 Å². The van der Waals surface area contributed by atoms with E-state index >= 15 is 0 Å². The first-order valence-electron chi connectivity index (χ1n) is 9.24. The predicted molar refractivity (Wildman–Crippen MR) is 106 cm³/mol. The molecule has 0 saturated carbocycles. The third-order valence-electron chi connectivity index (χ3n) is 4.78. The number of methoxy groups -OCH3 is 2. The Kier molecular flexibility index (Phi) is 6.68. The Bertz CT molecular complexity index is 791. The fourth-order valence-electron chi connectivity index (χ4n) is 3.32. The van der Waals surface area contributed by atoms with E-state index < -0.39 is 0 Å². The number of amides is 1. The Morgan fingerprint density at radius 1 is 1.26 bits per heavy atom. The van der Waals surface area contributed by atoms with Crippen LogP contribution in [0.1, 0.15) is 33.9 Å². The molecule has 0 radical (unpaired) electrons. The molecule has 1 aliphatic heterocycles. The van der Waals surface area contributed by atoms with Crippen molar-refractivity contribution in [3.05, 3.63) is 39.3 Å². The topological polar surface area (TPSA) is 63.7 Å². The van der Waals surface area contributed by atoms with Crippen molar-refractivity contribution in [3.63, 3.8) is 0 Å². The lowest BCUT2D eigenvalue weighted by Crippen LogP contribution is -2.36. The van der Waals surface area contributed by atoms with Gasteiger partial charge in [0.2, 0.25) is 5.91 Å². The van der Waals surface area contributed by atoms with Gasteiger partial charge in [-0.1, -0.05) is 0 Å².